The summed E-state index contributed by atoms with van der Waals surface area (Å²) < 4.78 is 5.43. The smallest absolute Gasteiger partial charge is 0.254 e. The van der Waals surface area contributed by atoms with E-state index < -0.39 is 0 Å². The van der Waals surface area contributed by atoms with E-state index in [2.05, 4.69) is 31.9 Å². The van der Waals surface area contributed by atoms with E-state index in [0.29, 0.717) is 23.0 Å². The fraction of sp³-hybridized carbons (Fsp3) is 0.259. The molecule has 182 valence electrons. The number of anilines is 3. The molecular formula is C27H26N6O3. The molecule has 2 aliphatic rings. The van der Waals surface area contributed by atoms with Crippen LogP contribution in [0.2, 0.25) is 0 Å². The number of amides is 1. The minimum Gasteiger partial charge on any atom is -0.423 e. The molecule has 0 radical (unpaired) electrons. The Labute approximate surface area is 208 Å². The molecule has 9 nitrogen and oxygen atoms in total. The zero-order valence-electron chi connectivity index (χ0n) is 19.6. The quantitative estimate of drug-likeness (QED) is 0.347. The number of hydrogen-bond acceptors (Lipinski definition) is 8. The molecule has 3 N–H and O–H groups in total. The lowest BCUT2D eigenvalue weighted by Crippen LogP contribution is -2.32. The predicted octanol–water partition coefficient (Wildman–Crippen LogP) is 4.70. The van der Waals surface area contributed by atoms with Crippen molar-refractivity contribution < 1.29 is 14.3 Å². The average molecular weight is 483 g/mol. The molecule has 0 aliphatic carbocycles. The molecule has 0 spiro atoms. The molecule has 9 heteroatoms. The van der Waals surface area contributed by atoms with E-state index in [1.54, 1.807) is 6.20 Å². The van der Waals surface area contributed by atoms with Crippen molar-refractivity contribution in [2.24, 2.45) is 0 Å². The highest BCUT2D eigenvalue weighted by Crippen LogP contribution is 2.41. The minimum absolute atomic E-state index is 0.102. The van der Waals surface area contributed by atoms with Gasteiger partial charge in [-0.1, -0.05) is 30.3 Å². The first-order chi connectivity index (χ1) is 17.7. The summed E-state index contributed by atoms with van der Waals surface area (Å²) in [5.41, 5.74) is 5.00. The number of pyridine rings is 1. The number of nitrogens with one attached hydrogen (secondary N) is 2. The van der Waals surface area contributed by atoms with Gasteiger partial charge in [-0.2, -0.15) is 0 Å². The number of carbonyl (C=O) groups excluding carboxylic acids is 1. The van der Waals surface area contributed by atoms with E-state index in [1.165, 1.54) is 6.39 Å². The van der Waals surface area contributed by atoms with Crippen molar-refractivity contribution in [3.05, 3.63) is 83.9 Å². The summed E-state index contributed by atoms with van der Waals surface area (Å²) >= 11 is 0. The third kappa shape index (κ3) is 4.07. The second-order valence-corrected chi connectivity index (χ2v) is 9.09. The molecule has 0 saturated carbocycles. The SMILES string of the molecule is O=C1c2ccc(Nc3cc(N[C@H](CO)c4ccccc4)c(-c4nnco4)cn3)cc2C2CCCCN12. The van der Waals surface area contributed by atoms with Crippen LogP contribution < -0.4 is 10.6 Å². The summed E-state index contributed by atoms with van der Waals surface area (Å²) in [6.07, 6.45) is 6.12. The van der Waals surface area contributed by atoms with Crippen LogP contribution in [0.3, 0.4) is 0 Å². The van der Waals surface area contributed by atoms with Crippen LogP contribution in [-0.2, 0) is 0 Å². The topological polar surface area (TPSA) is 116 Å². The molecule has 6 rings (SSSR count). The van der Waals surface area contributed by atoms with Crippen LogP contribution >= 0.6 is 0 Å². The van der Waals surface area contributed by atoms with Gasteiger partial charge in [0.15, 0.2) is 0 Å². The van der Waals surface area contributed by atoms with Gasteiger partial charge in [-0.15, -0.1) is 10.2 Å². The molecule has 1 saturated heterocycles. The molecule has 36 heavy (non-hydrogen) atoms. The molecule has 2 aromatic carbocycles. The largest absolute Gasteiger partial charge is 0.423 e. The van der Waals surface area contributed by atoms with Crippen molar-refractivity contribution in [1.29, 1.82) is 0 Å². The number of nitrogens with zero attached hydrogens (tertiary/aromatic N) is 4. The number of aromatic nitrogens is 3. The van der Waals surface area contributed by atoms with Crippen LogP contribution in [0.5, 0.6) is 0 Å². The maximum absolute atomic E-state index is 12.8. The summed E-state index contributed by atoms with van der Waals surface area (Å²) in [5, 5.41) is 24.7. The van der Waals surface area contributed by atoms with Gasteiger partial charge in [-0.05, 0) is 48.6 Å². The second-order valence-electron chi connectivity index (χ2n) is 9.09. The van der Waals surface area contributed by atoms with Gasteiger partial charge in [0.25, 0.3) is 11.8 Å². The van der Waals surface area contributed by atoms with E-state index in [4.69, 9.17) is 4.42 Å². The number of benzene rings is 2. The van der Waals surface area contributed by atoms with Gasteiger partial charge >= 0.3 is 0 Å². The Morgan fingerprint density at radius 2 is 2.00 bits per heavy atom. The van der Waals surface area contributed by atoms with E-state index in [-0.39, 0.29) is 24.6 Å². The Hall–Kier alpha value is -4.24. The van der Waals surface area contributed by atoms with Gasteiger partial charge in [0.05, 0.1) is 29.9 Å². The molecule has 1 unspecified atom stereocenters. The summed E-state index contributed by atoms with van der Waals surface area (Å²) in [7, 11) is 0. The summed E-state index contributed by atoms with van der Waals surface area (Å²) in [5.74, 6) is 1.07. The predicted molar refractivity (Wildman–Crippen MR) is 135 cm³/mol. The van der Waals surface area contributed by atoms with Crippen LogP contribution in [-0.4, -0.2) is 44.2 Å². The normalized spacial score (nSPS) is 17.4. The minimum atomic E-state index is -0.341. The third-order valence-corrected chi connectivity index (χ3v) is 6.89. The average Bonchev–Trinajstić information content (AvgIpc) is 3.55. The maximum Gasteiger partial charge on any atom is 0.254 e. The van der Waals surface area contributed by atoms with E-state index in [1.807, 2.05) is 53.4 Å². The molecule has 2 atom stereocenters. The molecule has 0 bridgehead atoms. The fourth-order valence-corrected chi connectivity index (χ4v) is 5.12. The molecule has 4 heterocycles. The van der Waals surface area contributed by atoms with Gasteiger partial charge in [0.1, 0.15) is 5.82 Å². The number of fused-ring (bicyclic) bond motifs is 3. The Kier molecular flexibility index (Phi) is 5.82. The van der Waals surface area contributed by atoms with Crippen molar-refractivity contribution in [2.75, 3.05) is 23.8 Å². The number of aliphatic hydroxyl groups is 1. The second kappa shape index (κ2) is 9.43. The first-order valence-electron chi connectivity index (χ1n) is 12.1. The number of rotatable bonds is 7. The van der Waals surface area contributed by atoms with Gasteiger partial charge < -0.3 is 25.1 Å². The highest BCUT2D eigenvalue weighted by molar-refractivity contribution is 5.99. The number of piperidine rings is 1. The van der Waals surface area contributed by atoms with Crippen molar-refractivity contribution in [2.45, 2.75) is 31.3 Å². The lowest BCUT2D eigenvalue weighted by atomic mass is 9.97. The van der Waals surface area contributed by atoms with Gasteiger partial charge in [-0.25, -0.2) is 4.98 Å². The van der Waals surface area contributed by atoms with Crippen molar-refractivity contribution >= 4 is 23.1 Å². The van der Waals surface area contributed by atoms with Crippen LogP contribution in [0.15, 0.2) is 71.6 Å². The van der Waals surface area contributed by atoms with E-state index in [0.717, 1.165) is 48.2 Å². The number of aliphatic hydroxyl groups excluding tert-OH is 1. The summed E-state index contributed by atoms with van der Waals surface area (Å²) in [4.78, 5) is 19.4. The van der Waals surface area contributed by atoms with Crippen LogP contribution in [0.25, 0.3) is 11.5 Å². The highest BCUT2D eigenvalue weighted by Gasteiger charge is 2.37. The Morgan fingerprint density at radius 1 is 1.11 bits per heavy atom. The van der Waals surface area contributed by atoms with Crippen molar-refractivity contribution in [1.82, 2.24) is 20.1 Å². The fourth-order valence-electron chi connectivity index (χ4n) is 5.12. The molecular weight excluding hydrogens is 456 g/mol. The van der Waals surface area contributed by atoms with Crippen LogP contribution in [0.4, 0.5) is 17.2 Å². The van der Waals surface area contributed by atoms with Crippen molar-refractivity contribution in [3.8, 4) is 11.5 Å². The molecule has 2 aliphatic heterocycles. The van der Waals surface area contributed by atoms with Gasteiger partial charge in [0.2, 0.25) is 6.39 Å². The molecule has 1 fully saturated rings. The Balaban J connectivity index is 1.31. The van der Waals surface area contributed by atoms with Gasteiger partial charge in [-0.3, -0.25) is 4.79 Å². The number of carbonyl (C=O) groups is 1. The van der Waals surface area contributed by atoms with E-state index >= 15 is 0 Å². The first-order valence-corrected chi connectivity index (χ1v) is 12.1. The standard InChI is InChI=1S/C27H26N6O3/c34-15-23(17-6-2-1-3-7-17)31-22-13-25(28-14-21(22)26-32-29-16-36-26)30-18-9-10-19-20(12-18)24-8-4-5-11-33(24)27(19)35/h1-3,6-7,9-10,12-14,16,23-24,34H,4-5,8,11,15H2,(H2,28,30,31)/t23-,24?/m1/s1. The Morgan fingerprint density at radius 3 is 2.81 bits per heavy atom. The maximum atomic E-state index is 12.8. The zero-order valence-corrected chi connectivity index (χ0v) is 19.6. The lowest BCUT2D eigenvalue weighted by molar-refractivity contribution is 0.0671. The van der Waals surface area contributed by atoms with E-state index in [9.17, 15) is 9.90 Å². The van der Waals surface area contributed by atoms with Crippen LogP contribution in [0.1, 0.15) is 52.8 Å². The highest BCUT2D eigenvalue weighted by atomic mass is 16.4. The van der Waals surface area contributed by atoms with Crippen molar-refractivity contribution in [3.63, 3.8) is 0 Å². The summed E-state index contributed by atoms with van der Waals surface area (Å²) in [6.45, 7) is 0.719. The molecule has 1 amide bonds. The third-order valence-electron chi connectivity index (χ3n) is 6.89. The molecule has 4 aromatic rings. The van der Waals surface area contributed by atoms with Gasteiger partial charge in [0, 0.05) is 30.1 Å². The number of hydrogen-bond donors (Lipinski definition) is 3. The van der Waals surface area contributed by atoms with Crippen LogP contribution in [0, 0.1) is 0 Å². The summed E-state index contributed by atoms with van der Waals surface area (Å²) in [6, 6.07) is 17.3. The molecule has 2 aromatic heterocycles. The Bertz CT molecular complexity index is 1380. The lowest BCUT2D eigenvalue weighted by Gasteiger charge is -2.29. The zero-order chi connectivity index (χ0) is 24.5. The monoisotopic (exact) mass is 482 g/mol. The first kappa shape index (κ1) is 22.2.